The van der Waals surface area contributed by atoms with Crippen LogP contribution in [0.25, 0.3) is 12.2 Å². The highest BCUT2D eigenvalue weighted by molar-refractivity contribution is 6.04. The Bertz CT molecular complexity index is 1060. The van der Waals surface area contributed by atoms with Crippen LogP contribution in [-0.2, 0) is 11.8 Å². The lowest BCUT2D eigenvalue weighted by Crippen LogP contribution is -2.19. The number of nitrogens with zero attached hydrogens (tertiary/aromatic N) is 2. The summed E-state index contributed by atoms with van der Waals surface area (Å²) in [4.78, 5) is 12.8. The van der Waals surface area contributed by atoms with Gasteiger partial charge in [0.2, 0.25) is 0 Å². The van der Waals surface area contributed by atoms with Crippen LogP contribution in [0.3, 0.4) is 0 Å². The molecule has 0 aliphatic rings. The Morgan fingerprint density at radius 3 is 2.68 bits per heavy atom. The van der Waals surface area contributed by atoms with Crippen molar-refractivity contribution in [3.63, 3.8) is 0 Å². The lowest BCUT2D eigenvalue weighted by atomic mass is 10.1. The zero-order chi connectivity index (χ0) is 22.2. The smallest absolute Gasteiger partial charge is 0.257 e. The van der Waals surface area contributed by atoms with E-state index in [2.05, 4.69) is 10.4 Å². The van der Waals surface area contributed by atoms with Gasteiger partial charge in [0.1, 0.15) is 17.6 Å². The van der Waals surface area contributed by atoms with E-state index in [1.54, 1.807) is 50.3 Å². The molecule has 162 valence electrons. The van der Waals surface area contributed by atoms with Crippen LogP contribution in [-0.4, -0.2) is 42.6 Å². The van der Waals surface area contributed by atoms with Gasteiger partial charge in [0.05, 0.1) is 13.7 Å². The van der Waals surface area contributed by atoms with E-state index in [4.69, 9.17) is 14.2 Å². The van der Waals surface area contributed by atoms with Crippen molar-refractivity contribution in [1.29, 1.82) is 0 Å². The SMILES string of the molecule is COC[C@H](C)Oc1cc(/C=C/c2ccccc2OC)cc(C(=O)Nc2ccn(C)n2)c1. The highest BCUT2D eigenvalue weighted by Crippen LogP contribution is 2.24. The first kappa shape index (κ1) is 22.1. The quantitative estimate of drug-likeness (QED) is 0.523. The molecule has 0 saturated carbocycles. The van der Waals surface area contributed by atoms with Crippen LogP contribution >= 0.6 is 0 Å². The van der Waals surface area contributed by atoms with Crippen molar-refractivity contribution in [2.24, 2.45) is 7.05 Å². The zero-order valence-corrected chi connectivity index (χ0v) is 18.2. The number of hydrogen-bond donors (Lipinski definition) is 1. The second-order valence-electron chi connectivity index (χ2n) is 7.08. The molecule has 0 fully saturated rings. The third kappa shape index (κ3) is 6.20. The number of carbonyl (C=O) groups excluding carboxylic acids is 1. The number of ether oxygens (including phenoxy) is 3. The minimum atomic E-state index is -0.268. The molecule has 0 unspecified atom stereocenters. The Labute approximate surface area is 182 Å². The fourth-order valence-corrected chi connectivity index (χ4v) is 3.08. The van der Waals surface area contributed by atoms with Crippen LogP contribution in [0.15, 0.2) is 54.7 Å². The Morgan fingerprint density at radius 2 is 1.97 bits per heavy atom. The van der Waals surface area contributed by atoms with Gasteiger partial charge in [-0.25, -0.2) is 0 Å². The number of benzene rings is 2. The van der Waals surface area contributed by atoms with E-state index >= 15 is 0 Å². The van der Waals surface area contributed by atoms with Gasteiger partial charge in [-0.1, -0.05) is 30.4 Å². The van der Waals surface area contributed by atoms with Crippen molar-refractivity contribution in [2.75, 3.05) is 26.1 Å². The van der Waals surface area contributed by atoms with Gasteiger partial charge in [-0.3, -0.25) is 9.48 Å². The van der Waals surface area contributed by atoms with E-state index in [1.165, 1.54) is 0 Å². The molecule has 0 bridgehead atoms. The summed E-state index contributed by atoms with van der Waals surface area (Å²) in [5, 5.41) is 7.01. The Kier molecular flexibility index (Phi) is 7.45. The van der Waals surface area contributed by atoms with Gasteiger partial charge in [-0.05, 0) is 36.8 Å². The van der Waals surface area contributed by atoms with Gasteiger partial charge in [0, 0.05) is 37.5 Å². The summed E-state index contributed by atoms with van der Waals surface area (Å²) in [6.07, 6.45) is 5.47. The van der Waals surface area contributed by atoms with Crippen LogP contribution in [0, 0.1) is 0 Å². The monoisotopic (exact) mass is 421 g/mol. The van der Waals surface area contributed by atoms with E-state index in [9.17, 15) is 4.79 Å². The van der Waals surface area contributed by atoms with Crippen molar-refractivity contribution in [2.45, 2.75) is 13.0 Å². The number of rotatable bonds is 9. The number of hydrogen-bond acceptors (Lipinski definition) is 5. The van der Waals surface area contributed by atoms with Crippen molar-refractivity contribution in [1.82, 2.24) is 9.78 Å². The Hall–Kier alpha value is -3.58. The lowest BCUT2D eigenvalue weighted by molar-refractivity contribution is 0.0917. The molecular weight excluding hydrogens is 394 g/mol. The Balaban J connectivity index is 1.90. The molecule has 2 aromatic carbocycles. The minimum Gasteiger partial charge on any atom is -0.496 e. The average molecular weight is 421 g/mol. The third-order valence-electron chi connectivity index (χ3n) is 4.48. The fraction of sp³-hybridized carbons (Fsp3) is 0.250. The first-order chi connectivity index (χ1) is 15.0. The van der Waals surface area contributed by atoms with E-state index in [-0.39, 0.29) is 12.0 Å². The second kappa shape index (κ2) is 10.4. The number of anilines is 1. The molecule has 3 aromatic rings. The van der Waals surface area contributed by atoms with Crippen molar-refractivity contribution < 1.29 is 19.0 Å². The van der Waals surface area contributed by atoms with Crippen molar-refractivity contribution in [3.05, 3.63) is 71.4 Å². The van der Waals surface area contributed by atoms with Gasteiger partial charge >= 0.3 is 0 Å². The van der Waals surface area contributed by atoms with Gasteiger partial charge in [-0.2, -0.15) is 5.10 Å². The topological polar surface area (TPSA) is 74.6 Å². The molecule has 7 nitrogen and oxygen atoms in total. The first-order valence-electron chi connectivity index (χ1n) is 9.91. The molecule has 1 amide bonds. The molecule has 0 aliphatic heterocycles. The number of aromatic nitrogens is 2. The van der Waals surface area contributed by atoms with E-state index in [0.29, 0.717) is 23.7 Å². The molecule has 3 rings (SSSR count). The van der Waals surface area contributed by atoms with Crippen LogP contribution in [0.4, 0.5) is 5.82 Å². The molecule has 1 heterocycles. The average Bonchev–Trinajstić information content (AvgIpc) is 3.16. The number of carbonyl (C=O) groups is 1. The molecule has 0 spiro atoms. The number of aryl methyl sites for hydroxylation is 1. The van der Waals surface area contributed by atoms with E-state index < -0.39 is 0 Å². The maximum atomic E-state index is 12.8. The molecule has 1 atom stereocenters. The molecule has 1 aromatic heterocycles. The number of methoxy groups -OCH3 is 2. The van der Waals surface area contributed by atoms with Crippen LogP contribution in [0.2, 0.25) is 0 Å². The van der Waals surface area contributed by atoms with Crippen LogP contribution in [0.5, 0.6) is 11.5 Å². The molecular formula is C24H27N3O4. The Morgan fingerprint density at radius 1 is 1.16 bits per heavy atom. The zero-order valence-electron chi connectivity index (χ0n) is 18.2. The largest absolute Gasteiger partial charge is 0.496 e. The lowest BCUT2D eigenvalue weighted by Gasteiger charge is -2.15. The third-order valence-corrected chi connectivity index (χ3v) is 4.48. The summed E-state index contributed by atoms with van der Waals surface area (Å²) in [6, 6.07) is 14.9. The predicted molar refractivity (Wildman–Crippen MR) is 121 cm³/mol. The summed E-state index contributed by atoms with van der Waals surface area (Å²) in [5.41, 5.74) is 2.22. The summed E-state index contributed by atoms with van der Waals surface area (Å²) < 4.78 is 18.1. The molecule has 7 heteroatoms. The highest BCUT2D eigenvalue weighted by Gasteiger charge is 2.12. The van der Waals surface area contributed by atoms with E-state index in [1.807, 2.05) is 49.4 Å². The summed E-state index contributed by atoms with van der Waals surface area (Å²) in [5.74, 6) is 1.57. The van der Waals surface area contributed by atoms with Crippen LogP contribution < -0.4 is 14.8 Å². The molecule has 0 saturated heterocycles. The summed E-state index contributed by atoms with van der Waals surface area (Å²) in [6.45, 7) is 2.35. The van der Waals surface area contributed by atoms with Crippen LogP contribution in [0.1, 0.15) is 28.4 Å². The standard InChI is InChI=1S/C24H27N3O4/c1-17(16-29-3)31-21-14-18(9-10-19-7-5-6-8-22(19)30-4)13-20(15-21)24(28)25-23-11-12-27(2)26-23/h5-15,17H,16H2,1-4H3,(H,25,26,28)/b10-9+/t17-/m0/s1. The van der Waals surface area contributed by atoms with Gasteiger partial charge in [-0.15, -0.1) is 0 Å². The molecule has 0 aliphatic carbocycles. The maximum Gasteiger partial charge on any atom is 0.257 e. The number of amides is 1. The number of para-hydroxylation sites is 1. The fourth-order valence-electron chi connectivity index (χ4n) is 3.08. The first-order valence-corrected chi connectivity index (χ1v) is 9.91. The number of nitrogens with one attached hydrogen (secondary N) is 1. The van der Waals surface area contributed by atoms with Gasteiger partial charge in [0.25, 0.3) is 5.91 Å². The molecule has 31 heavy (non-hydrogen) atoms. The highest BCUT2D eigenvalue weighted by atomic mass is 16.5. The minimum absolute atomic E-state index is 0.162. The second-order valence-corrected chi connectivity index (χ2v) is 7.08. The van der Waals surface area contributed by atoms with Crippen molar-refractivity contribution >= 4 is 23.9 Å². The van der Waals surface area contributed by atoms with Gasteiger partial charge in [0.15, 0.2) is 5.82 Å². The normalized spacial score (nSPS) is 12.0. The molecule has 0 radical (unpaired) electrons. The van der Waals surface area contributed by atoms with Crippen molar-refractivity contribution in [3.8, 4) is 11.5 Å². The summed E-state index contributed by atoms with van der Waals surface area (Å²) >= 11 is 0. The summed E-state index contributed by atoms with van der Waals surface area (Å²) in [7, 11) is 5.05. The van der Waals surface area contributed by atoms with E-state index in [0.717, 1.165) is 16.9 Å². The predicted octanol–water partition coefficient (Wildman–Crippen LogP) is 4.27. The maximum absolute atomic E-state index is 12.8. The van der Waals surface area contributed by atoms with Gasteiger partial charge < -0.3 is 19.5 Å². The molecule has 1 N–H and O–H groups in total.